The molecule has 0 aromatic rings. The van der Waals surface area contributed by atoms with Crippen LogP contribution in [-0.2, 0) is 4.79 Å². The molecule has 0 aliphatic carbocycles. The van der Waals surface area contributed by atoms with Crippen LogP contribution in [0.3, 0.4) is 0 Å². The van der Waals surface area contributed by atoms with E-state index in [0.717, 1.165) is 0 Å². The molecule has 0 aromatic carbocycles. The first-order valence-corrected chi connectivity index (χ1v) is 3.51. The minimum Gasteiger partial charge on any atom is -0.480 e. The molecular formula is C6H12N2O3. The Labute approximate surface area is 64.4 Å². The number of β-amino-alcohol motifs (C(OH)–C–C–N with tert-alkyl or cyclic N) is 1. The Morgan fingerprint density at radius 1 is 1.64 bits per heavy atom. The molecule has 4 N–H and O–H groups in total. The lowest BCUT2D eigenvalue weighted by Crippen LogP contribution is -2.72. The van der Waals surface area contributed by atoms with Gasteiger partial charge < -0.3 is 15.5 Å². The van der Waals surface area contributed by atoms with E-state index in [1.165, 1.54) is 0 Å². The maximum atomic E-state index is 10.6. The number of nitrogens with one attached hydrogen (secondary N) is 2. The van der Waals surface area contributed by atoms with Crippen molar-refractivity contribution in [3.8, 4) is 0 Å². The predicted molar refractivity (Wildman–Crippen MR) is 38.3 cm³/mol. The van der Waals surface area contributed by atoms with Gasteiger partial charge in [0.15, 0.2) is 0 Å². The van der Waals surface area contributed by atoms with Gasteiger partial charge in [-0.05, 0) is 0 Å². The Morgan fingerprint density at radius 3 is 2.55 bits per heavy atom. The van der Waals surface area contributed by atoms with Crippen molar-refractivity contribution < 1.29 is 15.0 Å². The Kier molecular flexibility index (Phi) is 2.43. The summed E-state index contributed by atoms with van der Waals surface area (Å²) in [6.07, 6.45) is 0. The Hall–Kier alpha value is -0.650. The van der Waals surface area contributed by atoms with Crippen LogP contribution < -0.4 is 10.6 Å². The van der Waals surface area contributed by atoms with Crippen LogP contribution in [0.4, 0.5) is 0 Å². The molecule has 5 heteroatoms. The molecule has 5 nitrogen and oxygen atoms in total. The van der Waals surface area contributed by atoms with Crippen molar-refractivity contribution in [2.45, 2.75) is 5.54 Å². The van der Waals surface area contributed by atoms with Crippen LogP contribution in [0, 0.1) is 0 Å². The topological polar surface area (TPSA) is 81.6 Å². The maximum Gasteiger partial charge on any atom is 0.326 e. The molecule has 11 heavy (non-hydrogen) atoms. The van der Waals surface area contributed by atoms with Crippen molar-refractivity contribution in [3.63, 3.8) is 0 Å². The van der Waals surface area contributed by atoms with Crippen molar-refractivity contribution >= 4 is 5.97 Å². The fraction of sp³-hybridized carbons (Fsp3) is 0.833. The monoisotopic (exact) mass is 160 g/mol. The maximum absolute atomic E-state index is 10.6. The molecule has 0 amide bonds. The van der Waals surface area contributed by atoms with Crippen LogP contribution in [0.15, 0.2) is 0 Å². The molecule has 1 saturated heterocycles. The van der Waals surface area contributed by atoms with E-state index in [2.05, 4.69) is 10.6 Å². The fourth-order valence-corrected chi connectivity index (χ4v) is 1.02. The number of rotatable bonds is 4. The highest BCUT2D eigenvalue weighted by Gasteiger charge is 2.43. The van der Waals surface area contributed by atoms with Crippen molar-refractivity contribution in [1.82, 2.24) is 10.6 Å². The third-order valence-corrected chi connectivity index (χ3v) is 1.84. The molecule has 1 aliphatic rings. The van der Waals surface area contributed by atoms with E-state index in [0.29, 0.717) is 19.6 Å². The highest BCUT2D eigenvalue weighted by Crippen LogP contribution is 2.09. The summed E-state index contributed by atoms with van der Waals surface area (Å²) in [5.41, 5.74) is -0.831. The van der Waals surface area contributed by atoms with Crippen LogP contribution in [0.1, 0.15) is 0 Å². The number of carboxylic acid groups (broad SMARTS) is 1. The third kappa shape index (κ3) is 1.50. The standard InChI is InChI=1S/C6H12N2O3/c9-2-1-8-6(5(10)11)3-7-4-6/h7-9H,1-4H2,(H,10,11). The second kappa shape index (κ2) is 3.17. The predicted octanol–water partition coefficient (Wildman–Crippen LogP) is -2.01. The number of aliphatic carboxylic acids is 1. The second-order valence-electron chi connectivity index (χ2n) is 2.64. The van der Waals surface area contributed by atoms with E-state index >= 15 is 0 Å². The normalized spacial score (nSPS) is 20.8. The molecule has 0 spiro atoms. The molecule has 0 bridgehead atoms. The average molecular weight is 160 g/mol. The highest BCUT2D eigenvalue weighted by atomic mass is 16.4. The quantitative estimate of drug-likeness (QED) is 0.382. The summed E-state index contributed by atoms with van der Waals surface area (Å²) in [7, 11) is 0. The van der Waals surface area contributed by atoms with Gasteiger partial charge in [0.2, 0.25) is 0 Å². The second-order valence-corrected chi connectivity index (χ2v) is 2.64. The van der Waals surface area contributed by atoms with E-state index in [1.54, 1.807) is 0 Å². The number of hydrogen-bond acceptors (Lipinski definition) is 4. The summed E-state index contributed by atoms with van der Waals surface area (Å²) in [4.78, 5) is 10.6. The van der Waals surface area contributed by atoms with Gasteiger partial charge in [0, 0.05) is 19.6 Å². The summed E-state index contributed by atoms with van der Waals surface area (Å²) < 4.78 is 0. The smallest absolute Gasteiger partial charge is 0.326 e. The number of carbonyl (C=O) groups is 1. The molecule has 0 atom stereocenters. The van der Waals surface area contributed by atoms with Gasteiger partial charge in [0.25, 0.3) is 0 Å². The SMILES string of the molecule is O=C(O)C1(NCCO)CNC1. The van der Waals surface area contributed by atoms with Gasteiger partial charge in [-0.3, -0.25) is 10.1 Å². The molecule has 1 aliphatic heterocycles. The lowest BCUT2D eigenvalue weighted by atomic mass is 9.93. The molecular weight excluding hydrogens is 148 g/mol. The molecule has 0 aromatic heterocycles. The van der Waals surface area contributed by atoms with Crippen LogP contribution >= 0.6 is 0 Å². The molecule has 64 valence electrons. The van der Waals surface area contributed by atoms with E-state index in [9.17, 15) is 4.79 Å². The van der Waals surface area contributed by atoms with Crippen molar-refractivity contribution in [1.29, 1.82) is 0 Å². The Bertz CT molecular complexity index is 156. The summed E-state index contributed by atoms with van der Waals surface area (Å²) in [6.45, 7) is 1.16. The third-order valence-electron chi connectivity index (χ3n) is 1.84. The fourth-order valence-electron chi connectivity index (χ4n) is 1.02. The van der Waals surface area contributed by atoms with E-state index in [1.807, 2.05) is 0 Å². The van der Waals surface area contributed by atoms with Crippen LogP contribution in [0.2, 0.25) is 0 Å². The van der Waals surface area contributed by atoms with Gasteiger partial charge in [-0.25, -0.2) is 0 Å². The van der Waals surface area contributed by atoms with Gasteiger partial charge in [0.05, 0.1) is 6.61 Å². The summed E-state index contributed by atoms with van der Waals surface area (Å²) in [6, 6.07) is 0. The summed E-state index contributed by atoms with van der Waals surface area (Å²) >= 11 is 0. The molecule has 1 rings (SSSR count). The van der Waals surface area contributed by atoms with Crippen LogP contribution in [0.5, 0.6) is 0 Å². The molecule has 0 unspecified atom stereocenters. The Morgan fingerprint density at radius 2 is 2.27 bits per heavy atom. The molecule has 0 saturated carbocycles. The summed E-state index contributed by atoms with van der Waals surface area (Å²) in [5.74, 6) is -0.857. The average Bonchev–Trinajstić information content (AvgIpc) is 1.85. The minimum absolute atomic E-state index is 0.0327. The lowest BCUT2D eigenvalue weighted by molar-refractivity contribution is -0.147. The summed E-state index contributed by atoms with van der Waals surface area (Å²) in [5, 5.41) is 22.8. The number of carboxylic acids is 1. The van der Waals surface area contributed by atoms with E-state index in [-0.39, 0.29) is 6.61 Å². The van der Waals surface area contributed by atoms with Gasteiger partial charge >= 0.3 is 5.97 Å². The number of aliphatic hydroxyl groups excluding tert-OH is 1. The van der Waals surface area contributed by atoms with E-state index in [4.69, 9.17) is 10.2 Å². The molecule has 0 radical (unpaired) electrons. The first-order chi connectivity index (χ1) is 5.21. The van der Waals surface area contributed by atoms with Gasteiger partial charge in [-0.1, -0.05) is 0 Å². The van der Waals surface area contributed by atoms with Gasteiger partial charge in [-0.15, -0.1) is 0 Å². The van der Waals surface area contributed by atoms with Gasteiger partial charge in [-0.2, -0.15) is 0 Å². The lowest BCUT2D eigenvalue weighted by Gasteiger charge is -2.39. The molecule has 1 fully saturated rings. The van der Waals surface area contributed by atoms with Gasteiger partial charge in [0.1, 0.15) is 5.54 Å². The molecule has 1 heterocycles. The first-order valence-electron chi connectivity index (χ1n) is 3.51. The van der Waals surface area contributed by atoms with Crippen LogP contribution in [0.25, 0.3) is 0 Å². The first kappa shape index (κ1) is 8.45. The largest absolute Gasteiger partial charge is 0.480 e. The number of hydrogen-bond donors (Lipinski definition) is 4. The van der Waals surface area contributed by atoms with Crippen LogP contribution in [-0.4, -0.2) is 48.0 Å². The van der Waals surface area contributed by atoms with Crippen molar-refractivity contribution in [2.75, 3.05) is 26.2 Å². The minimum atomic E-state index is -0.857. The zero-order valence-electron chi connectivity index (χ0n) is 6.13. The zero-order chi connectivity index (χ0) is 8.32. The number of aliphatic hydroxyl groups is 1. The van der Waals surface area contributed by atoms with E-state index < -0.39 is 11.5 Å². The van der Waals surface area contributed by atoms with Crippen molar-refractivity contribution in [2.24, 2.45) is 0 Å². The highest BCUT2D eigenvalue weighted by molar-refractivity contribution is 5.80. The van der Waals surface area contributed by atoms with Crippen molar-refractivity contribution in [3.05, 3.63) is 0 Å². The Balaban J connectivity index is 2.40. The zero-order valence-corrected chi connectivity index (χ0v) is 6.13.